The van der Waals surface area contributed by atoms with Crippen molar-refractivity contribution in [3.8, 4) is 0 Å². The van der Waals surface area contributed by atoms with Crippen molar-refractivity contribution in [3.63, 3.8) is 0 Å². The number of alkyl halides is 3. The zero-order chi connectivity index (χ0) is 86.5. The van der Waals surface area contributed by atoms with E-state index in [4.69, 9.17) is 44.3 Å². The van der Waals surface area contributed by atoms with Crippen molar-refractivity contribution >= 4 is 124 Å². The number of aliphatic imine (C=N–C) groups is 1. The van der Waals surface area contributed by atoms with Gasteiger partial charge in [0.25, 0.3) is 0 Å². The van der Waals surface area contributed by atoms with E-state index in [2.05, 4.69) is 63.5 Å². The van der Waals surface area contributed by atoms with E-state index in [1.54, 1.807) is 72.4 Å². The molecule has 4 aliphatic rings. The monoisotopic (exact) mass is 1690 g/mol. The lowest BCUT2D eigenvalue weighted by atomic mass is 10.0. The number of unbranched alkanes of at least 4 members (excludes halogenated alkanes) is 2. The zero-order valence-electron chi connectivity index (χ0n) is 65.9. The third-order valence-electron chi connectivity index (χ3n) is 19.6. The SMILES string of the molecule is CSCC[C@H](NC(=O)[C@H](CC(C)C)NC(=O)CNC(=O)[C@H](Cc1ccccc1)NC(=O)[C@H](Cc1ccccc1)NC(=O)[C@H](CCC(N)=O)NC(=O)[C@H](CCC(N)=O)NC(=O)[C@@H]1CCCN1C(=O)[C@H](CCCCN)NC(=O)[C@@H]1CCCN1C(=O)[C@H](CCCN=C(N)N)NC(=O)CCCC[C@@H]1SC[C@@H]2NC(=O)N[C@@H]21)C(N)=O.O=C(O)C(F)(F)F. The molecule has 16 amide bonds. The second kappa shape index (κ2) is 49.5. The fraction of sp³-hybridized carbons (Fsp3) is 0.613. The summed E-state index contributed by atoms with van der Waals surface area (Å²) in [5.74, 6) is -12.5. The van der Waals surface area contributed by atoms with E-state index >= 15 is 0 Å². The number of carbonyl (C=O) groups excluding carboxylic acids is 15. The zero-order valence-corrected chi connectivity index (χ0v) is 67.5. The van der Waals surface area contributed by atoms with Gasteiger partial charge in [-0.1, -0.05) is 80.9 Å². The molecule has 4 aliphatic heterocycles. The van der Waals surface area contributed by atoms with Crippen LogP contribution in [0.1, 0.15) is 147 Å². The summed E-state index contributed by atoms with van der Waals surface area (Å²) in [6.45, 7) is 3.59. The van der Waals surface area contributed by atoms with Crippen molar-refractivity contribution in [1.82, 2.24) is 68.3 Å². The van der Waals surface area contributed by atoms with Gasteiger partial charge in [0.15, 0.2) is 5.96 Å². The molecule has 2 aromatic carbocycles. The van der Waals surface area contributed by atoms with E-state index < -0.39 is 182 Å². The number of primary amides is 3. The smallest absolute Gasteiger partial charge is 0.475 e. The molecule has 0 radical (unpaired) electrons. The molecule has 0 saturated carbocycles. The third kappa shape index (κ3) is 33.9. The molecule has 24 N–H and O–H groups in total. The predicted octanol–water partition coefficient (Wildman–Crippen LogP) is -2.19. The Labute approximate surface area is 684 Å². The van der Waals surface area contributed by atoms with Gasteiger partial charge in [-0.15, -0.1) is 0 Å². The van der Waals surface area contributed by atoms with Gasteiger partial charge in [-0.3, -0.25) is 72.1 Å². The maximum Gasteiger partial charge on any atom is 0.490 e. The van der Waals surface area contributed by atoms with Crippen LogP contribution in [0.25, 0.3) is 0 Å². The summed E-state index contributed by atoms with van der Waals surface area (Å²) in [5.41, 5.74) is 34.9. The molecule has 0 spiro atoms. The number of aliphatic carboxylic acids is 1. The van der Waals surface area contributed by atoms with E-state index in [0.717, 1.165) is 12.2 Å². The first-order valence-corrected chi connectivity index (χ1v) is 41.4. The van der Waals surface area contributed by atoms with Crippen molar-refractivity contribution in [2.75, 3.05) is 50.5 Å². The largest absolute Gasteiger partial charge is 0.490 e. The molecule has 0 aliphatic carbocycles. The third-order valence-corrected chi connectivity index (χ3v) is 21.8. The van der Waals surface area contributed by atoms with Gasteiger partial charge >= 0.3 is 18.2 Å². The highest BCUT2D eigenvalue weighted by Crippen LogP contribution is 2.33. The normalized spacial score (nSPS) is 18.7. The quantitative estimate of drug-likeness (QED) is 0.0145. The van der Waals surface area contributed by atoms with Crippen LogP contribution in [0.3, 0.4) is 0 Å². The Kier molecular flexibility index (Phi) is 41.1. The van der Waals surface area contributed by atoms with E-state index in [1.165, 1.54) is 21.6 Å². The molecule has 2 aromatic rings. The van der Waals surface area contributed by atoms with Crippen molar-refractivity contribution in [2.24, 2.45) is 45.3 Å². The van der Waals surface area contributed by atoms with E-state index in [1.807, 2.05) is 20.1 Å². The minimum Gasteiger partial charge on any atom is -0.475 e. The number of carboxylic acids is 1. The molecular weight excluding hydrogens is 1570 g/mol. The Bertz CT molecular complexity index is 3760. The Morgan fingerprint density at radius 1 is 0.573 bits per heavy atom. The first kappa shape index (κ1) is 97.1. The topological polar surface area (TPSA) is 601 Å². The molecular formula is C75H113F3N20O17S2. The predicted molar refractivity (Wildman–Crippen MR) is 427 cm³/mol. The second-order valence-electron chi connectivity index (χ2n) is 29.3. The second-order valence-corrected chi connectivity index (χ2v) is 31.6. The molecule has 4 heterocycles. The van der Waals surface area contributed by atoms with Crippen molar-refractivity contribution in [2.45, 2.75) is 233 Å². The van der Waals surface area contributed by atoms with Gasteiger partial charge in [-0.25, -0.2) is 9.59 Å². The van der Waals surface area contributed by atoms with Gasteiger partial charge < -0.3 is 108 Å². The molecule has 6 rings (SSSR count). The van der Waals surface area contributed by atoms with Crippen molar-refractivity contribution in [3.05, 3.63) is 71.8 Å². The molecule has 4 fully saturated rings. The van der Waals surface area contributed by atoms with Gasteiger partial charge in [0.05, 0.1) is 18.6 Å². The number of urea groups is 1. The van der Waals surface area contributed by atoms with Gasteiger partial charge in [0.2, 0.25) is 82.7 Å². The van der Waals surface area contributed by atoms with Crippen molar-refractivity contribution in [1.29, 1.82) is 0 Å². The average Bonchev–Trinajstić information content (AvgIpc) is 1.71. The number of rotatable bonds is 48. The number of amides is 16. The fourth-order valence-corrected chi connectivity index (χ4v) is 15.7. The number of halogens is 3. The van der Waals surface area contributed by atoms with Crippen LogP contribution < -0.4 is 92.9 Å². The van der Waals surface area contributed by atoms with Crippen LogP contribution in [-0.2, 0) is 84.8 Å². The van der Waals surface area contributed by atoms with Crippen LogP contribution in [0.4, 0.5) is 18.0 Å². The van der Waals surface area contributed by atoms with Gasteiger partial charge in [0.1, 0.15) is 60.4 Å². The first-order valence-electron chi connectivity index (χ1n) is 39.0. The lowest BCUT2D eigenvalue weighted by molar-refractivity contribution is -0.192. The molecule has 0 aromatic heterocycles. The number of fused-ring (bicyclic) bond motifs is 1. The lowest BCUT2D eigenvalue weighted by Crippen LogP contribution is -2.60. The van der Waals surface area contributed by atoms with E-state index in [9.17, 15) is 85.1 Å². The number of nitrogens with one attached hydrogen (secondary N) is 11. The number of hydrogen-bond donors (Lipinski definition) is 18. The molecule has 648 valence electrons. The van der Waals surface area contributed by atoms with Crippen LogP contribution in [0.2, 0.25) is 0 Å². The molecule has 13 atom stereocenters. The summed E-state index contributed by atoms with van der Waals surface area (Å²) < 4.78 is 31.7. The number of nitrogens with zero attached hydrogens (tertiary/aromatic N) is 3. The fourth-order valence-electron chi connectivity index (χ4n) is 13.7. The Morgan fingerprint density at radius 3 is 1.56 bits per heavy atom. The lowest BCUT2D eigenvalue weighted by Gasteiger charge is -2.32. The molecule has 4 saturated heterocycles. The summed E-state index contributed by atoms with van der Waals surface area (Å²) in [4.78, 5) is 222. The summed E-state index contributed by atoms with van der Waals surface area (Å²) in [5, 5.41) is 37.3. The minimum absolute atomic E-state index is 0.0148. The summed E-state index contributed by atoms with van der Waals surface area (Å²) >= 11 is 3.22. The van der Waals surface area contributed by atoms with Gasteiger partial charge in [0, 0.05) is 62.7 Å². The average molecular weight is 1690 g/mol. The Morgan fingerprint density at radius 2 is 1.05 bits per heavy atom. The number of thioether (sulfide) groups is 2. The highest BCUT2D eigenvalue weighted by molar-refractivity contribution is 8.00. The summed E-state index contributed by atoms with van der Waals surface area (Å²) in [7, 11) is 0. The highest BCUT2D eigenvalue weighted by atomic mass is 32.2. The molecule has 117 heavy (non-hydrogen) atoms. The van der Waals surface area contributed by atoms with E-state index in [-0.39, 0.29) is 125 Å². The van der Waals surface area contributed by atoms with Crippen LogP contribution in [0.15, 0.2) is 65.7 Å². The molecule has 0 unspecified atom stereocenters. The Balaban J connectivity index is 0.00000332. The van der Waals surface area contributed by atoms with Gasteiger partial charge in [-0.05, 0) is 132 Å². The summed E-state index contributed by atoms with van der Waals surface area (Å²) in [6.07, 6.45) is -0.555. The highest BCUT2D eigenvalue weighted by Gasteiger charge is 2.45. The number of carbonyl (C=O) groups is 16. The maximum absolute atomic E-state index is 14.9. The first-order chi connectivity index (χ1) is 55.5. The van der Waals surface area contributed by atoms with Crippen LogP contribution in [-0.4, -0.2) is 250 Å². The minimum atomic E-state index is -5.08. The standard InChI is InChI=1S/C73H112N20O15S2.C2HF3O2/c1-42(2)37-50(66(102)84-45(62(77)98)31-36-109-3)83-60(97)40-81-63(99)51(38-43-17-6-4-7-18-43)88-67(103)52(39-44-19-8-5-9-20-44)89-65(101)46(27-29-57(75)94)85-64(100)47(28-30-58(76)95)86-68(104)54-23-15-35-93(54)71(107)49(21-12-13-32-74)87-69(105)55-24-16-34-92(55)70(106)48(22-14-33-80-72(78)79)82-59(96)26-11-10-25-56-61-53(41-110-56)90-73(108)91-61;3-2(4,5)1(6)7/h4-9,17-20,42,45-56,61H,10-16,21-41,74H2,1-3H3,(H2,75,94)(H2,76,95)(H2,77,98)(H,81,99)(H,82,96)(H,83,97)(H,84,102)(H,85,100)(H,86,104)(H,87,105)(H,88,103)(H,89,101)(H4,78,79,80)(H2,90,91,108);(H,6,7)/t45-,46-,47-,48-,49-,50-,51-,52-,53-,54-,55-,56-,61-;/m0./s1. The summed E-state index contributed by atoms with van der Waals surface area (Å²) in [6, 6.07) is 3.89. The number of likely N-dealkylation sites (tertiary alicyclic amines) is 2. The Hall–Kier alpha value is -10.5. The number of guanidine groups is 1. The molecule has 0 bridgehead atoms. The van der Waals surface area contributed by atoms with Crippen molar-refractivity contribution < 1.29 is 95.0 Å². The van der Waals surface area contributed by atoms with Gasteiger partial charge in [-0.2, -0.15) is 36.7 Å². The van der Waals surface area contributed by atoms with Crippen LogP contribution >= 0.6 is 23.5 Å². The van der Waals surface area contributed by atoms with Crippen LogP contribution in [0.5, 0.6) is 0 Å². The van der Waals surface area contributed by atoms with E-state index in [0.29, 0.717) is 61.8 Å². The number of benzene rings is 2. The number of nitrogens with two attached hydrogens (primary N) is 6. The number of carboxylic acid groups (broad SMARTS) is 1. The van der Waals surface area contributed by atoms with Crippen LogP contribution in [0, 0.1) is 5.92 Å². The molecule has 42 heteroatoms. The molecule has 37 nitrogen and oxygen atoms in total. The maximum atomic E-state index is 14.9. The number of hydrogen-bond acceptors (Lipinski definition) is 20.